The lowest BCUT2D eigenvalue weighted by Crippen LogP contribution is -2.22. The second-order valence-corrected chi connectivity index (χ2v) is 5.06. The van der Waals surface area contributed by atoms with Crippen molar-refractivity contribution >= 4 is 22.7 Å². The fraction of sp³-hybridized carbons (Fsp3) is 0.467. The van der Waals surface area contributed by atoms with Crippen molar-refractivity contribution in [1.82, 2.24) is 9.97 Å². The van der Waals surface area contributed by atoms with Gasteiger partial charge < -0.3 is 16.2 Å². The van der Waals surface area contributed by atoms with Crippen LogP contribution in [0.5, 0.6) is 0 Å². The van der Waals surface area contributed by atoms with Crippen LogP contribution in [-0.2, 0) is 0 Å². The molecule has 6 heteroatoms. The Bertz CT molecular complexity index is 605. The molecule has 0 aliphatic heterocycles. The van der Waals surface area contributed by atoms with Crippen molar-refractivity contribution < 1.29 is 9.50 Å². The summed E-state index contributed by atoms with van der Waals surface area (Å²) < 4.78 is 14.1. The Kier molecular flexibility index (Phi) is 5.27. The number of fused-ring (bicyclic) bond motifs is 1. The average Bonchev–Trinajstić information content (AvgIpc) is 2.44. The topological polar surface area (TPSA) is 84.1 Å². The van der Waals surface area contributed by atoms with E-state index in [-0.39, 0.29) is 24.4 Å². The average molecular weight is 292 g/mol. The molecule has 1 atom stereocenters. The third-order valence-corrected chi connectivity index (χ3v) is 3.41. The zero-order valence-electron chi connectivity index (χ0n) is 12.1. The largest absolute Gasteiger partial charge is 0.396 e. The molecule has 2 aromatic rings. The number of nitrogen functional groups attached to an aromatic ring is 1. The third kappa shape index (κ3) is 3.78. The van der Waals surface area contributed by atoms with Crippen molar-refractivity contribution in [2.45, 2.75) is 38.6 Å². The molecule has 0 amide bonds. The van der Waals surface area contributed by atoms with Gasteiger partial charge in [-0.3, -0.25) is 0 Å². The van der Waals surface area contributed by atoms with Crippen molar-refractivity contribution in [1.29, 1.82) is 0 Å². The summed E-state index contributed by atoms with van der Waals surface area (Å²) in [6.45, 7) is 2.18. The van der Waals surface area contributed by atoms with E-state index >= 15 is 0 Å². The summed E-state index contributed by atoms with van der Waals surface area (Å²) in [4.78, 5) is 8.18. The molecule has 114 valence electrons. The lowest BCUT2D eigenvalue weighted by atomic mass is 10.1. The maximum Gasteiger partial charge on any atom is 0.222 e. The van der Waals surface area contributed by atoms with Crippen molar-refractivity contribution in [3.05, 3.63) is 24.0 Å². The van der Waals surface area contributed by atoms with Crippen LogP contribution < -0.4 is 11.1 Å². The summed E-state index contributed by atoms with van der Waals surface area (Å²) in [6.07, 6.45) is 3.56. The number of nitrogens with one attached hydrogen (secondary N) is 1. The second-order valence-electron chi connectivity index (χ2n) is 5.06. The molecule has 0 aliphatic carbocycles. The molecule has 1 aromatic heterocycles. The van der Waals surface area contributed by atoms with E-state index in [0.717, 1.165) is 19.3 Å². The SMILES string of the molecule is CCCCC(CCO)Nc1nc(N)nc2cccc(F)c12. The molecular formula is C15H21FN4O. The van der Waals surface area contributed by atoms with Gasteiger partial charge in [0.25, 0.3) is 0 Å². The number of anilines is 2. The minimum atomic E-state index is -0.381. The molecule has 1 heterocycles. The van der Waals surface area contributed by atoms with Crippen LogP contribution in [0.2, 0.25) is 0 Å². The van der Waals surface area contributed by atoms with Crippen LogP contribution in [0.1, 0.15) is 32.6 Å². The summed E-state index contributed by atoms with van der Waals surface area (Å²) in [7, 11) is 0. The Hall–Kier alpha value is -1.95. The first-order valence-corrected chi connectivity index (χ1v) is 7.24. The zero-order valence-corrected chi connectivity index (χ0v) is 12.1. The smallest absolute Gasteiger partial charge is 0.222 e. The maximum atomic E-state index is 14.1. The van der Waals surface area contributed by atoms with Gasteiger partial charge in [-0.2, -0.15) is 4.98 Å². The number of aliphatic hydroxyl groups excluding tert-OH is 1. The quantitative estimate of drug-likeness (QED) is 0.730. The molecule has 0 aliphatic rings. The minimum Gasteiger partial charge on any atom is -0.396 e. The molecule has 0 saturated carbocycles. The van der Waals surface area contributed by atoms with E-state index in [0.29, 0.717) is 23.1 Å². The second kappa shape index (κ2) is 7.17. The monoisotopic (exact) mass is 292 g/mol. The van der Waals surface area contributed by atoms with Crippen molar-refractivity contribution in [2.75, 3.05) is 17.7 Å². The molecule has 21 heavy (non-hydrogen) atoms. The van der Waals surface area contributed by atoms with Gasteiger partial charge in [0.2, 0.25) is 5.95 Å². The molecule has 2 rings (SSSR count). The van der Waals surface area contributed by atoms with E-state index in [1.54, 1.807) is 12.1 Å². The lowest BCUT2D eigenvalue weighted by molar-refractivity contribution is 0.276. The highest BCUT2D eigenvalue weighted by molar-refractivity contribution is 5.90. The number of aliphatic hydroxyl groups is 1. The Morgan fingerprint density at radius 3 is 2.86 bits per heavy atom. The minimum absolute atomic E-state index is 0.0343. The Labute approximate surface area is 123 Å². The van der Waals surface area contributed by atoms with Gasteiger partial charge in [-0.05, 0) is 25.0 Å². The molecule has 0 fully saturated rings. The van der Waals surface area contributed by atoms with Gasteiger partial charge in [0.15, 0.2) is 0 Å². The van der Waals surface area contributed by atoms with Crippen LogP contribution in [0.4, 0.5) is 16.2 Å². The first kappa shape index (κ1) is 15.4. The van der Waals surface area contributed by atoms with E-state index in [9.17, 15) is 4.39 Å². The summed E-state index contributed by atoms with van der Waals surface area (Å²) in [6, 6.07) is 4.71. The maximum absolute atomic E-state index is 14.1. The van der Waals surface area contributed by atoms with E-state index in [1.807, 2.05) is 0 Å². The number of hydrogen-bond donors (Lipinski definition) is 3. The van der Waals surface area contributed by atoms with Crippen molar-refractivity contribution in [3.63, 3.8) is 0 Å². The lowest BCUT2D eigenvalue weighted by Gasteiger charge is -2.19. The van der Waals surface area contributed by atoms with Gasteiger partial charge in [-0.25, -0.2) is 9.37 Å². The van der Waals surface area contributed by atoms with Crippen LogP contribution in [0.3, 0.4) is 0 Å². The Morgan fingerprint density at radius 1 is 1.33 bits per heavy atom. The fourth-order valence-electron chi connectivity index (χ4n) is 2.35. The predicted molar refractivity (Wildman–Crippen MR) is 82.5 cm³/mol. The number of aromatic nitrogens is 2. The first-order chi connectivity index (χ1) is 10.2. The highest BCUT2D eigenvalue weighted by Crippen LogP contribution is 2.25. The molecule has 0 bridgehead atoms. The molecule has 5 nitrogen and oxygen atoms in total. The molecule has 0 spiro atoms. The van der Waals surface area contributed by atoms with Crippen LogP contribution in [-0.4, -0.2) is 27.7 Å². The predicted octanol–water partition coefficient (Wildman–Crippen LogP) is 2.70. The van der Waals surface area contributed by atoms with Crippen molar-refractivity contribution in [2.24, 2.45) is 0 Å². The van der Waals surface area contributed by atoms with E-state index < -0.39 is 0 Å². The van der Waals surface area contributed by atoms with E-state index in [1.165, 1.54) is 6.07 Å². The Morgan fingerprint density at radius 2 is 2.14 bits per heavy atom. The highest BCUT2D eigenvalue weighted by atomic mass is 19.1. The molecular weight excluding hydrogens is 271 g/mol. The number of hydrogen-bond acceptors (Lipinski definition) is 5. The van der Waals surface area contributed by atoms with Crippen LogP contribution >= 0.6 is 0 Å². The number of benzene rings is 1. The molecule has 0 saturated heterocycles. The summed E-state index contributed by atoms with van der Waals surface area (Å²) in [5, 5.41) is 12.7. The fourth-order valence-corrected chi connectivity index (χ4v) is 2.35. The molecule has 1 unspecified atom stereocenters. The normalized spacial score (nSPS) is 12.5. The van der Waals surface area contributed by atoms with Gasteiger partial charge in [0.1, 0.15) is 11.6 Å². The van der Waals surface area contributed by atoms with Crippen LogP contribution in [0, 0.1) is 5.82 Å². The number of halogens is 1. The summed E-state index contributed by atoms with van der Waals surface area (Å²) in [5.74, 6) is 0.118. The van der Waals surface area contributed by atoms with E-state index in [2.05, 4.69) is 22.2 Å². The molecule has 1 aromatic carbocycles. The molecule has 0 radical (unpaired) electrons. The standard InChI is InChI=1S/C15H21FN4O/c1-2-3-5-10(8-9-21)18-14-13-11(16)6-4-7-12(13)19-15(17)20-14/h4,6-7,10,21H,2-3,5,8-9H2,1H3,(H3,17,18,19,20). The summed E-state index contributed by atoms with van der Waals surface area (Å²) >= 11 is 0. The van der Waals surface area contributed by atoms with Crippen molar-refractivity contribution in [3.8, 4) is 0 Å². The van der Waals surface area contributed by atoms with Gasteiger partial charge in [-0.15, -0.1) is 0 Å². The highest BCUT2D eigenvalue weighted by Gasteiger charge is 2.14. The van der Waals surface area contributed by atoms with Gasteiger partial charge in [0.05, 0.1) is 10.9 Å². The Balaban J connectivity index is 2.35. The first-order valence-electron chi connectivity index (χ1n) is 7.24. The van der Waals surface area contributed by atoms with Gasteiger partial charge >= 0.3 is 0 Å². The van der Waals surface area contributed by atoms with E-state index in [4.69, 9.17) is 10.8 Å². The number of rotatable bonds is 7. The summed E-state index contributed by atoms with van der Waals surface area (Å²) in [5.41, 5.74) is 6.17. The zero-order chi connectivity index (χ0) is 15.2. The number of nitrogens with zero attached hydrogens (tertiary/aromatic N) is 2. The number of unbranched alkanes of at least 4 members (excludes halogenated alkanes) is 1. The third-order valence-electron chi connectivity index (χ3n) is 3.41. The van der Waals surface area contributed by atoms with Crippen LogP contribution in [0.15, 0.2) is 18.2 Å². The van der Waals surface area contributed by atoms with Gasteiger partial charge in [-0.1, -0.05) is 25.8 Å². The number of nitrogens with two attached hydrogens (primary N) is 1. The molecule has 4 N–H and O–H groups in total. The van der Waals surface area contributed by atoms with Gasteiger partial charge in [0, 0.05) is 12.6 Å². The van der Waals surface area contributed by atoms with Crippen LogP contribution in [0.25, 0.3) is 10.9 Å².